The maximum Gasteiger partial charge on any atom is 0.0553 e. The SMILES string of the molecule is Cc1ccc(N2CCCNC(C)C2)cn1. The summed E-state index contributed by atoms with van der Waals surface area (Å²) in [6, 6.07) is 4.81. The third-order valence-electron chi connectivity index (χ3n) is 2.85. The highest BCUT2D eigenvalue weighted by atomic mass is 15.2. The third-order valence-corrected chi connectivity index (χ3v) is 2.85. The molecule has 82 valence electrons. The molecular formula is C12H19N3. The molecule has 3 nitrogen and oxygen atoms in total. The number of nitrogens with one attached hydrogen (secondary N) is 1. The second-order valence-corrected chi connectivity index (χ2v) is 4.31. The van der Waals surface area contributed by atoms with Gasteiger partial charge in [0.2, 0.25) is 0 Å². The normalized spacial score (nSPS) is 22.5. The first kappa shape index (κ1) is 10.4. The fraction of sp³-hybridized carbons (Fsp3) is 0.583. The lowest BCUT2D eigenvalue weighted by atomic mass is 10.2. The summed E-state index contributed by atoms with van der Waals surface area (Å²) in [6.07, 6.45) is 3.19. The van der Waals surface area contributed by atoms with Gasteiger partial charge in [0.25, 0.3) is 0 Å². The molecule has 1 aliphatic rings. The fourth-order valence-corrected chi connectivity index (χ4v) is 1.99. The van der Waals surface area contributed by atoms with E-state index in [1.54, 1.807) is 0 Å². The highest BCUT2D eigenvalue weighted by molar-refractivity contribution is 5.44. The van der Waals surface area contributed by atoms with E-state index in [0.29, 0.717) is 6.04 Å². The molecule has 1 N–H and O–H groups in total. The summed E-state index contributed by atoms with van der Waals surface area (Å²) in [5, 5.41) is 3.49. The van der Waals surface area contributed by atoms with Crippen molar-refractivity contribution in [1.29, 1.82) is 0 Å². The Morgan fingerprint density at radius 3 is 3.07 bits per heavy atom. The van der Waals surface area contributed by atoms with Crippen molar-refractivity contribution in [2.75, 3.05) is 24.5 Å². The maximum atomic E-state index is 4.35. The third kappa shape index (κ3) is 2.69. The van der Waals surface area contributed by atoms with Gasteiger partial charge in [-0.25, -0.2) is 0 Å². The molecule has 0 amide bonds. The zero-order valence-corrected chi connectivity index (χ0v) is 9.53. The second kappa shape index (κ2) is 4.62. The van der Waals surface area contributed by atoms with Crippen molar-refractivity contribution >= 4 is 5.69 Å². The van der Waals surface area contributed by atoms with E-state index in [0.717, 1.165) is 25.3 Å². The monoisotopic (exact) mass is 205 g/mol. The first-order valence-corrected chi connectivity index (χ1v) is 5.67. The molecule has 2 heterocycles. The number of rotatable bonds is 1. The molecular weight excluding hydrogens is 186 g/mol. The van der Waals surface area contributed by atoms with Gasteiger partial charge in [-0.3, -0.25) is 4.98 Å². The zero-order valence-electron chi connectivity index (χ0n) is 9.53. The van der Waals surface area contributed by atoms with Crippen molar-refractivity contribution in [3.05, 3.63) is 24.0 Å². The summed E-state index contributed by atoms with van der Waals surface area (Å²) < 4.78 is 0. The lowest BCUT2D eigenvalue weighted by Crippen LogP contribution is -2.35. The largest absolute Gasteiger partial charge is 0.369 e. The van der Waals surface area contributed by atoms with Crippen LogP contribution in [0.5, 0.6) is 0 Å². The Kier molecular flexibility index (Phi) is 3.21. The summed E-state index contributed by atoms with van der Waals surface area (Å²) in [5.74, 6) is 0. The predicted molar refractivity (Wildman–Crippen MR) is 63.3 cm³/mol. The number of aromatic nitrogens is 1. The van der Waals surface area contributed by atoms with Crippen LogP contribution in [0.25, 0.3) is 0 Å². The standard InChI is InChI=1S/C12H19N3/c1-10-4-5-12(8-14-10)15-7-3-6-13-11(2)9-15/h4-5,8,11,13H,3,6-7,9H2,1-2H3. The van der Waals surface area contributed by atoms with Gasteiger partial charge in [-0.05, 0) is 38.9 Å². The Labute approximate surface area is 91.5 Å². The molecule has 1 saturated heterocycles. The topological polar surface area (TPSA) is 28.2 Å². The van der Waals surface area contributed by atoms with E-state index >= 15 is 0 Å². The number of anilines is 1. The summed E-state index contributed by atoms with van der Waals surface area (Å²) in [6.45, 7) is 7.58. The van der Waals surface area contributed by atoms with E-state index in [1.165, 1.54) is 12.1 Å². The molecule has 0 aromatic carbocycles. The molecule has 0 bridgehead atoms. The first-order chi connectivity index (χ1) is 7.25. The highest BCUT2D eigenvalue weighted by Gasteiger charge is 2.14. The Bertz CT molecular complexity index is 307. The van der Waals surface area contributed by atoms with Crippen LogP contribution in [0.2, 0.25) is 0 Å². The van der Waals surface area contributed by atoms with Crippen molar-refractivity contribution in [2.45, 2.75) is 26.3 Å². The van der Waals surface area contributed by atoms with E-state index in [-0.39, 0.29) is 0 Å². The molecule has 0 radical (unpaired) electrons. The lowest BCUT2D eigenvalue weighted by molar-refractivity contribution is 0.584. The fourth-order valence-electron chi connectivity index (χ4n) is 1.99. The molecule has 0 aliphatic carbocycles. The van der Waals surface area contributed by atoms with Crippen molar-refractivity contribution < 1.29 is 0 Å². The molecule has 0 spiro atoms. The Hall–Kier alpha value is -1.09. The average molecular weight is 205 g/mol. The molecule has 1 aromatic heterocycles. The number of aryl methyl sites for hydroxylation is 1. The molecule has 1 unspecified atom stereocenters. The number of hydrogen-bond acceptors (Lipinski definition) is 3. The van der Waals surface area contributed by atoms with Gasteiger partial charge < -0.3 is 10.2 Å². The van der Waals surface area contributed by atoms with Gasteiger partial charge in [0, 0.05) is 24.8 Å². The van der Waals surface area contributed by atoms with E-state index in [9.17, 15) is 0 Å². The van der Waals surface area contributed by atoms with Crippen molar-refractivity contribution in [2.24, 2.45) is 0 Å². The van der Waals surface area contributed by atoms with Crippen LogP contribution < -0.4 is 10.2 Å². The van der Waals surface area contributed by atoms with Gasteiger partial charge in [0.05, 0.1) is 11.9 Å². The van der Waals surface area contributed by atoms with Crippen LogP contribution in [0.4, 0.5) is 5.69 Å². The van der Waals surface area contributed by atoms with E-state index < -0.39 is 0 Å². The number of nitrogens with zero attached hydrogens (tertiary/aromatic N) is 2. The van der Waals surface area contributed by atoms with Crippen molar-refractivity contribution in [3.8, 4) is 0 Å². The molecule has 1 aromatic rings. The minimum atomic E-state index is 0.564. The average Bonchev–Trinajstić information content (AvgIpc) is 2.44. The van der Waals surface area contributed by atoms with Gasteiger partial charge in [-0.2, -0.15) is 0 Å². The molecule has 2 rings (SSSR count). The molecule has 15 heavy (non-hydrogen) atoms. The Morgan fingerprint density at radius 2 is 2.33 bits per heavy atom. The van der Waals surface area contributed by atoms with Gasteiger partial charge in [0.15, 0.2) is 0 Å². The van der Waals surface area contributed by atoms with Crippen LogP contribution >= 0.6 is 0 Å². The van der Waals surface area contributed by atoms with Gasteiger partial charge in [0.1, 0.15) is 0 Å². The molecule has 1 aliphatic heterocycles. The summed E-state index contributed by atoms with van der Waals surface area (Å²) >= 11 is 0. The highest BCUT2D eigenvalue weighted by Crippen LogP contribution is 2.15. The van der Waals surface area contributed by atoms with Crippen molar-refractivity contribution in [3.63, 3.8) is 0 Å². The number of pyridine rings is 1. The molecule has 1 fully saturated rings. The zero-order chi connectivity index (χ0) is 10.7. The predicted octanol–water partition coefficient (Wildman–Crippen LogP) is 1.58. The van der Waals surface area contributed by atoms with Crippen molar-refractivity contribution in [1.82, 2.24) is 10.3 Å². The van der Waals surface area contributed by atoms with Crippen LogP contribution in [0.3, 0.4) is 0 Å². The molecule has 3 heteroatoms. The van der Waals surface area contributed by atoms with Crippen LogP contribution in [0, 0.1) is 6.92 Å². The quantitative estimate of drug-likeness (QED) is 0.754. The van der Waals surface area contributed by atoms with Gasteiger partial charge in [-0.1, -0.05) is 0 Å². The number of hydrogen-bond donors (Lipinski definition) is 1. The minimum Gasteiger partial charge on any atom is -0.369 e. The van der Waals surface area contributed by atoms with E-state index in [2.05, 4.69) is 34.3 Å². The minimum absolute atomic E-state index is 0.564. The Balaban J connectivity index is 2.11. The maximum absolute atomic E-state index is 4.35. The van der Waals surface area contributed by atoms with Gasteiger partial charge in [-0.15, -0.1) is 0 Å². The van der Waals surface area contributed by atoms with Crippen LogP contribution in [0.1, 0.15) is 19.0 Å². The van der Waals surface area contributed by atoms with Gasteiger partial charge >= 0.3 is 0 Å². The van der Waals surface area contributed by atoms with Crippen LogP contribution in [0.15, 0.2) is 18.3 Å². The smallest absolute Gasteiger partial charge is 0.0553 e. The second-order valence-electron chi connectivity index (χ2n) is 4.31. The lowest BCUT2D eigenvalue weighted by Gasteiger charge is -2.24. The van der Waals surface area contributed by atoms with Crippen LogP contribution in [-0.2, 0) is 0 Å². The molecule has 0 saturated carbocycles. The summed E-state index contributed by atoms with van der Waals surface area (Å²) in [7, 11) is 0. The van der Waals surface area contributed by atoms with E-state index in [4.69, 9.17) is 0 Å². The summed E-state index contributed by atoms with van der Waals surface area (Å²) in [4.78, 5) is 6.76. The van der Waals surface area contributed by atoms with E-state index in [1.807, 2.05) is 13.1 Å². The Morgan fingerprint density at radius 1 is 1.47 bits per heavy atom. The first-order valence-electron chi connectivity index (χ1n) is 5.67. The van der Waals surface area contributed by atoms with Crippen LogP contribution in [-0.4, -0.2) is 30.7 Å². The summed E-state index contributed by atoms with van der Waals surface area (Å²) in [5.41, 5.74) is 2.33. The molecule has 1 atom stereocenters.